The summed E-state index contributed by atoms with van der Waals surface area (Å²) in [6.07, 6.45) is 1.50. The standard InChI is InChI=1S/C14H20N4O2/c1-4-20-13-6-5-11(10(2)15)7-12(13)8-18-14(19)17(3)9-16-18/h5-7,9-10H,4,8,15H2,1-3H3. The predicted octanol–water partition coefficient (Wildman–Crippen LogP) is 1.05. The van der Waals surface area contributed by atoms with E-state index in [4.69, 9.17) is 10.5 Å². The number of rotatable bonds is 5. The fourth-order valence-electron chi connectivity index (χ4n) is 1.99. The fourth-order valence-corrected chi connectivity index (χ4v) is 1.99. The van der Waals surface area contributed by atoms with Crippen LogP contribution >= 0.6 is 0 Å². The van der Waals surface area contributed by atoms with E-state index in [1.54, 1.807) is 7.05 Å². The van der Waals surface area contributed by atoms with E-state index >= 15 is 0 Å². The van der Waals surface area contributed by atoms with E-state index in [0.29, 0.717) is 13.2 Å². The minimum Gasteiger partial charge on any atom is -0.494 e. The van der Waals surface area contributed by atoms with E-state index in [0.717, 1.165) is 16.9 Å². The lowest BCUT2D eigenvalue weighted by Gasteiger charge is -2.13. The van der Waals surface area contributed by atoms with Crippen molar-refractivity contribution >= 4 is 0 Å². The maximum Gasteiger partial charge on any atom is 0.345 e. The molecule has 0 radical (unpaired) electrons. The van der Waals surface area contributed by atoms with Crippen LogP contribution in [0.15, 0.2) is 29.3 Å². The molecule has 1 aromatic heterocycles. The van der Waals surface area contributed by atoms with E-state index in [1.165, 1.54) is 15.6 Å². The molecule has 1 unspecified atom stereocenters. The van der Waals surface area contributed by atoms with Gasteiger partial charge in [0.1, 0.15) is 12.1 Å². The molecule has 0 bridgehead atoms. The molecule has 2 N–H and O–H groups in total. The quantitative estimate of drug-likeness (QED) is 0.885. The smallest absolute Gasteiger partial charge is 0.345 e. The molecule has 20 heavy (non-hydrogen) atoms. The molecule has 6 nitrogen and oxygen atoms in total. The van der Waals surface area contributed by atoms with Crippen molar-refractivity contribution in [3.05, 3.63) is 46.1 Å². The molecule has 0 aliphatic rings. The van der Waals surface area contributed by atoms with Crippen LogP contribution in [-0.2, 0) is 13.6 Å². The Morgan fingerprint density at radius 2 is 2.20 bits per heavy atom. The Hall–Kier alpha value is -2.08. The molecule has 0 aliphatic carbocycles. The van der Waals surface area contributed by atoms with Gasteiger partial charge >= 0.3 is 5.69 Å². The normalized spacial score (nSPS) is 12.4. The van der Waals surface area contributed by atoms with Crippen LogP contribution in [0, 0.1) is 0 Å². The Bertz CT molecular complexity index is 643. The van der Waals surface area contributed by atoms with Gasteiger partial charge in [0.25, 0.3) is 0 Å². The highest BCUT2D eigenvalue weighted by molar-refractivity contribution is 5.38. The average Bonchev–Trinajstić information content (AvgIpc) is 2.73. The largest absolute Gasteiger partial charge is 0.494 e. The Balaban J connectivity index is 2.39. The molecule has 2 aromatic rings. The summed E-state index contributed by atoms with van der Waals surface area (Å²) in [5.74, 6) is 0.759. The van der Waals surface area contributed by atoms with E-state index in [9.17, 15) is 4.79 Å². The lowest BCUT2D eigenvalue weighted by atomic mass is 10.0. The van der Waals surface area contributed by atoms with Gasteiger partial charge in [-0.1, -0.05) is 6.07 Å². The number of hydrogen-bond donors (Lipinski definition) is 1. The lowest BCUT2D eigenvalue weighted by molar-refractivity contribution is 0.335. The molecule has 0 saturated heterocycles. The minimum absolute atomic E-state index is 0.0649. The summed E-state index contributed by atoms with van der Waals surface area (Å²) in [5.41, 5.74) is 7.66. The van der Waals surface area contributed by atoms with Crippen LogP contribution in [0.2, 0.25) is 0 Å². The molecule has 1 aromatic carbocycles. The maximum atomic E-state index is 11.9. The van der Waals surface area contributed by atoms with Crippen LogP contribution < -0.4 is 16.2 Å². The summed E-state index contributed by atoms with van der Waals surface area (Å²) < 4.78 is 8.45. The van der Waals surface area contributed by atoms with E-state index < -0.39 is 0 Å². The molecular formula is C14H20N4O2. The van der Waals surface area contributed by atoms with Crippen molar-refractivity contribution in [1.29, 1.82) is 0 Å². The summed E-state index contributed by atoms with van der Waals surface area (Å²) in [6.45, 7) is 4.79. The van der Waals surface area contributed by atoms with Gasteiger partial charge in [-0.05, 0) is 31.5 Å². The molecule has 0 spiro atoms. The first kappa shape index (κ1) is 14.3. The zero-order valence-electron chi connectivity index (χ0n) is 12.0. The molecular weight excluding hydrogens is 256 g/mol. The predicted molar refractivity (Wildman–Crippen MR) is 76.8 cm³/mol. The van der Waals surface area contributed by atoms with Gasteiger partial charge in [0.2, 0.25) is 0 Å². The molecule has 0 amide bonds. The van der Waals surface area contributed by atoms with Gasteiger partial charge in [-0.3, -0.25) is 4.57 Å². The van der Waals surface area contributed by atoms with Crippen LogP contribution in [-0.4, -0.2) is 21.0 Å². The van der Waals surface area contributed by atoms with Crippen LogP contribution in [0.3, 0.4) is 0 Å². The van der Waals surface area contributed by atoms with Gasteiger partial charge in [-0.25, -0.2) is 9.48 Å². The molecule has 1 atom stereocenters. The Morgan fingerprint density at radius 1 is 1.45 bits per heavy atom. The summed E-state index contributed by atoms with van der Waals surface area (Å²) in [4.78, 5) is 11.9. The van der Waals surface area contributed by atoms with Crippen molar-refractivity contribution in [1.82, 2.24) is 14.3 Å². The Morgan fingerprint density at radius 3 is 2.75 bits per heavy atom. The van der Waals surface area contributed by atoms with Gasteiger partial charge in [-0.15, -0.1) is 0 Å². The first-order chi connectivity index (χ1) is 9.52. The Labute approximate surface area is 117 Å². The molecule has 0 saturated carbocycles. The van der Waals surface area contributed by atoms with Gasteiger partial charge < -0.3 is 10.5 Å². The molecule has 108 valence electrons. The number of benzene rings is 1. The van der Waals surface area contributed by atoms with Crippen LogP contribution in [0.1, 0.15) is 31.0 Å². The van der Waals surface area contributed by atoms with Crippen molar-refractivity contribution in [2.45, 2.75) is 26.4 Å². The second-order valence-corrected chi connectivity index (χ2v) is 4.77. The van der Waals surface area contributed by atoms with Crippen molar-refractivity contribution in [2.75, 3.05) is 6.61 Å². The highest BCUT2D eigenvalue weighted by Gasteiger charge is 2.10. The maximum absolute atomic E-state index is 11.9. The minimum atomic E-state index is -0.154. The highest BCUT2D eigenvalue weighted by Crippen LogP contribution is 2.23. The number of aromatic nitrogens is 3. The number of nitrogens with two attached hydrogens (primary N) is 1. The van der Waals surface area contributed by atoms with Crippen LogP contribution in [0.4, 0.5) is 0 Å². The third-order valence-corrected chi connectivity index (χ3v) is 3.12. The molecule has 0 fully saturated rings. The molecule has 1 heterocycles. The number of ether oxygens (including phenoxy) is 1. The molecule has 0 aliphatic heterocycles. The zero-order valence-corrected chi connectivity index (χ0v) is 12.0. The topological polar surface area (TPSA) is 75.1 Å². The third kappa shape index (κ3) is 2.91. The van der Waals surface area contributed by atoms with Crippen molar-refractivity contribution < 1.29 is 4.74 Å². The van der Waals surface area contributed by atoms with Crippen molar-refractivity contribution in [2.24, 2.45) is 12.8 Å². The summed E-state index contributed by atoms with van der Waals surface area (Å²) in [5, 5.41) is 4.07. The second kappa shape index (κ2) is 5.92. The zero-order chi connectivity index (χ0) is 14.7. The first-order valence-electron chi connectivity index (χ1n) is 6.62. The van der Waals surface area contributed by atoms with Crippen LogP contribution in [0.25, 0.3) is 0 Å². The van der Waals surface area contributed by atoms with E-state index in [-0.39, 0.29) is 11.7 Å². The number of nitrogens with zero attached hydrogens (tertiary/aromatic N) is 3. The second-order valence-electron chi connectivity index (χ2n) is 4.77. The number of hydrogen-bond acceptors (Lipinski definition) is 4. The average molecular weight is 276 g/mol. The SMILES string of the molecule is CCOc1ccc(C(C)N)cc1Cn1ncn(C)c1=O. The van der Waals surface area contributed by atoms with Crippen molar-refractivity contribution in [3.63, 3.8) is 0 Å². The highest BCUT2D eigenvalue weighted by atomic mass is 16.5. The summed E-state index contributed by atoms with van der Waals surface area (Å²) in [7, 11) is 1.67. The monoisotopic (exact) mass is 276 g/mol. The summed E-state index contributed by atoms with van der Waals surface area (Å²) >= 11 is 0. The molecule has 6 heteroatoms. The molecule has 2 rings (SSSR count). The van der Waals surface area contributed by atoms with Gasteiger partial charge in [0.05, 0.1) is 13.2 Å². The third-order valence-electron chi connectivity index (χ3n) is 3.12. The van der Waals surface area contributed by atoms with Gasteiger partial charge in [0.15, 0.2) is 0 Å². The summed E-state index contributed by atoms with van der Waals surface area (Å²) in [6, 6.07) is 5.74. The van der Waals surface area contributed by atoms with Gasteiger partial charge in [-0.2, -0.15) is 5.10 Å². The van der Waals surface area contributed by atoms with Crippen molar-refractivity contribution in [3.8, 4) is 5.75 Å². The first-order valence-corrected chi connectivity index (χ1v) is 6.62. The fraction of sp³-hybridized carbons (Fsp3) is 0.429. The lowest BCUT2D eigenvalue weighted by Crippen LogP contribution is -2.23. The van der Waals surface area contributed by atoms with E-state index in [1.807, 2.05) is 32.0 Å². The van der Waals surface area contributed by atoms with Crippen LogP contribution in [0.5, 0.6) is 5.75 Å². The Kier molecular flexibility index (Phi) is 4.24. The number of aryl methyl sites for hydroxylation is 1. The van der Waals surface area contributed by atoms with Gasteiger partial charge in [0, 0.05) is 18.7 Å². The van der Waals surface area contributed by atoms with E-state index in [2.05, 4.69) is 5.10 Å².